The summed E-state index contributed by atoms with van der Waals surface area (Å²) in [7, 11) is 0. The van der Waals surface area contributed by atoms with Crippen LogP contribution in [0.1, 0.15) is 39.5 Å². The first-order chi connectivity index (χ1) is 7.49. The number of aliphatic carboxylic acids is 1. The molecule has 0 aromatic heterocycles. The molecule has 0 saturated carbocycles. The highest BCUT2D eigenvalue weighted by atomic mass is 16.4. The lowest BCUT2D eigenvalue weighted by Crippen LogP contribution is -2.59. The van der Waals surface area contributed by atoms with Crippen LogP contribution in [0.15, 0.2) is 0 Å². The van der Waals surface area contributed by atoms with E-state index in [-0.39, 0.29) is 5.91 Å². The number of carbonyl (C=O) groups is 2. The van der Waals surface area contributed by atoms with Crippen LogP contribution in [-0.2, 0) is 9.59 Å². The van der Waals surface area contributed by atoms with Crippen molar-refractivity contribution in [2.75, 3.05) is 6.54 Å². The minimum atomic E-state index is -0.977. The third-order valence-corrected chi connectivity index (χ3v) is 3.13. The van der Waals surface area contributed by atoms with Gasteiger partial charge in [-0.15, -0.1) is 0 Å². The zero-order valence-electron chi connectivity index (χ0n) is 9.88. The molecule has 0 radical (unpaired) electrons. The summed E-state index contributed by atoms with van der Waals surface area (Å²) in [6.07, 6.45) is 3.23. The first-order valence-corrected chi connectivity index (χ1v) is 5.78. The van der Waals surface area contributed by atoms with Gasteiger partial charge in [0.1, 0.15) is 6.04 Å². The first kappa shape index (κ1) is 13.0. The second-order valence-corrected chi connectivity index (χ2v) is 4.49. The van der Waals surface area contributed by atoms with E-state index in [1.807, 2.05) is 6.92 Å². The smallest absolute Gasteiger partial charge is 0.326 e. The molecule has 2 unspecified atom stereocenters. The Bertz CT molecular complexity index is 272. The van der Waals surface area contributed by atoms with Gasteiger partial charge < -0.3 is 15.7 Å². The van der Waals surface area contributed by atoms with Crippen molar-refractivity contribution in [1.82, 2.24) is 10.6 Å². The van der Waals surface area contributed by atoms with E-state index in [1.165, 1.54) is 0 Å². The quantitative estimate of drug-likeness (QED) is 0.654. The molecule has 0 aliphatic carbocycles. The Labute approximate surface area is 95.6 Å². The van der Waals surface area contributed by atoms with Crippen molar-refractivity contribution < 1.29 is 14.7 Å². The van der Waals surface area contributed by atoms with Crippen molar-refractivity contribution in [3.63, 3.8) is 0 Å². The molecule has 1 rings (SSSR count). The molecule has 1 amide bonds. The molecular formula is C11H20N2O3. The van der Waals surface area contributed by atoms with E-state index < -0.39 is 17.6 Å². The fraction of sp³-hybridized carbons (Fsp3) is 0.818. The van der Waals surface area contributed by atoms with Gasteiger partial charge in [-0.1, -0.05) is 6.92 Å². The number of carboxylic acid groups (broad SMARTS) is 1. The second kappa shape index (κ2) is 5.30. The zero-order valence-corrected chi connectivity index (χ0v) is 9.88. The standard InChI is InChI=1S/C11H20N2O3/c1-3-8(9(14)15)13-10(16)11(2)6-4-5-7-12-11/h8,12H,3-7H2,1-2H3,(H,13,16)(H,14,15). The third-order valence-electron chi connectivity index (χ3n) is 3.13. The summed E-state index contributed by atoms with van der Waals surface area (Å²) in [5, 5.41) is 14.6. The van der Waals surface area contributed by atoms with E-state index >= 15 is 0 Å². The maximum atomic E-state index is 12.0. The lowest BCUT2D eigenvalue weighted by molar-refractivity contribution is -0.143. The summed E-state index contributed by atoms with van der Waals surface area (Å²) in [5.41, 5.74) is -0.610. The van der Waals surface area contributed by atoms with Crippen molar-refractivity contribution in [3.8, 4) is 0 Å². The van der Waals surface area contributed by atoms with Crippen LogP contribution < -0.4 is 10.6 Å². The fourth-order valence-corrected chi connectivity index (χ4v) is 1.91. The van der Waals surface area contributed by atoms with Crippen LogP contribution in [0.25, 0.3) is 0 Å². The van der Waals surface area contributed by atoms with Gasteiger partial charge in [0, 0.05) is 0 Å². The summed E-state index contributed by atoms with van der Waals surface area (Å²) in [6, 6.07) is -0.784. The van der Waals surface area contributed by atoms with E-state index in [0.29, 0.717) is 6.42 Å². The monoisotopic (exact) mass is 228 g/mol. The summed E-state index contributed by atoms with van der Waals surface area (Å²) in [4.78, 5) is 22.8. The highest BCUT2D eigenvalue weighted by Gasteiger charge is 2.35. The lowest BCUT2D eigenvalue weighted by atomic mass is 9.90. The van der Waals surface area contributed by atoms with Gasteiger partial charge in [0.25, 0.3) is 0 Å². The second-order valence-electron chi connectivity index (χ2n) is 4.49. The fourth-order valence-electron chi connectivity index (χ4n) is 1.91. The Morgan fingerprint density at radius 1 is 1.50 bits per heavy atom. The SMILES string of the molecule is CCC(NC(=O)C1(C)CCCCN1)C(=O)O. The highest BCUT2D eigenvalue weighted by molar-refractivity contribution is 5.89. The Morgan fingerprint density at radius 3 is 2.62 bits per heavy atom. The molecule has 0 spiro atoms. The van der Waals surface area contributed by atoms with Gasteiger partial charge in [-0.2, -0.15) is 0 Å². The van der Waals surface area contributed by atoms with E-state index in [1.54, 1.807) is 6.92 Å². The van der Waals surface area contributed by atoms with Crippen LogP contribution >= 0.6 is 0 Å². The molecule has 1 fully saturated rings. The van der Waals surface area contributed by atoms with Crippen LogP contribution in [0.3, 0.4) is 0 Å². The average molecular weight is 228 g/mol. The maximum Gasteiger partial charge on any atom is 0.326 e. The minimum absolute atomic E-state index is 0.207. The van der Waals surface area contributed by atoms with Crippen molar-refractivity contribution >= 4 is 11.9 Å². The summed E-state index contributed by atoms with van der Waals surface area (Å²) in [6.45, 7) is 4.39. The molecule has 0 aromatic rings. The Kier molecular flexibility index (Phi) is 4.29. The third kappa shape index (κ3) is 2.95. The molecule has 92 valence electrons. The van der Waals surface area contributed by atoms with Gasteiger partial charge in [-0.05, 0) is 39.2 Å². The predicted octanol–water partition coefficient (Wildman–Crippen LogP) is 0.498. The average Bonchev–Trinajstić information content (AvgIpc) is 2.26. The number of hydrogen-bond donors (Lipinski definition) is 3. The van der Waals surface area contributed by atoms with Crippen molar-refractivity contribution in [1.29, 1.82) is 0 Å². The number of amides is 1. The van der Waals surface area contributed by atoms with Gasteiger partial charge in [0.2, 0.25) is 5.91 Å². The number of piperidine rings is 1. The molecule has 5 heteroatoms. The number of carboxylic acids is 1. The zero-order chi connectivity index (χ0) is 12.2. The van der Waals surface area contributed by atoms with E-state index in [2.05, 4.69) is 10.6 Å². The largest absolute Gasteiger partial charge is 0.480 e. The Balaban J connectivity index is 2.59. The molecule has 16 heavy (non-hydrogen) atoms. The van der Waals surface area contributed by atoms with E-state index in [9.17, 15) is 9.59 Å². The van der Waals surface area contributed by atoms with Gasteiger partial charge >= 0.3 is 5.97 Å². The van der Waals surface area contributed by atoms with Crippen molar-refractivity contribution in [3.05, 3.63) is 0 Å². The molecule has 0 aromatic carbocycles. The Morgan fingerprint density at radius 2 is 2.19 bits per heavy atom. The predicted molar refractivity (Wildman–Crippen MR) is 60.1 cm³/mol. The van der Waals surface area contributed by atoms with Crippen LogP contribution in [-0.4, -0.2) is 35.1 Å². The number of rotatable bonds is 4. The van der Waals surface area contributed by atoms with E-state index in [4.69, 9.17) is 5.11 Å². The molecular weight excluding hydrogens is 208 g/mol. The molecule has 2 atom stereocenters. The van der Waals surface area contributed by atoms with Crippen LogP contribution in [0.4, 0.5) is 0 Å². The molecule has 1 saturated heterocycles. The molecule has 1 aliphatic rings. The summed E-state index contributed by atoms with van der Waals surface area (Å²) >= 11 is 0. The van der Waals surface area contributed by atoms with Crippen LogP contribution in [0.5, 0.6) is 0 Å². The molecule has 0 bridgehead atoms. The lowest BCUT2D eigenvalue weighted by Gasteiger charge is -2.34. The van der Waals surface area contributed by atoms with Crippen molar-refractivity contribution in [2.45, 2.75) is 51.1 Å². The topological polar surface area (TPSA) is 78.4 Å². The van der Waals surface area contributed by atoms with Crippen LogP contribution in [0.2, 0.25) is 0 Å². The van der Waals surface area contributed by atoms with Crippen molar-refractivity contribution in [2.24, 2.45) is 0 Å². The van der Waals surface area contributed by atoms with Gasteiger partial charge in [0.15, 0.2) is 0 Å². The number of carbonyl (C=O) groups excluding carboxylic acids is 1. The molecule has 1 heterocycles. The van der Waals surface area contributed by atoms with E-state index in [0.717, 1.165) is 25.8 Å². The summed E-state index contributed by atoms with van der Waals surface area (Å²) < 4.78 is 0. The number of nitrogens with one attached hydrogen (secondary N) is 2. The highest BCUT2D eigenvalue weighted by Crippen LogP contribution is 2.19. The van der Waals surface area contributed by atoms with Gasteiger partial charge in [-0.3, -0.25) is 4.79 Å². The summed E-state index contributed by atoms with van der Waals surface area (Å²) in [5.74, 6) is -1.18. The Hall–Kier alpha value is -1.10. The van der Waals surface area contributed by atoms with Gasteiger partial charge in [-0.25, -0.2) is 4.79 Å². The molecule has 5 nitrogen and oxygen atoms in total. The molecule has 1 aliphatic heterocycles. The van der Waals surface area contributed by atoms with Crippen LogP contribution in [0, 0.1) is 0 Å². The normalized spacial score (nSPS) is 27.1. The first-order valence-electron chi connectivity index (χ1n) is 5.78. The molecule has 3 N–H and O–H groups in total. The minimum Gasteiger partial charge on any atom is -0.480 e. The van der Waals surface area contributed by atoms with Gasteiger partial charge in [0.05, 0.1) is 5.54 Å². The maximum absolute atomic E-state index is 12.0. The number of hydrogen-bond acceptors (Lipinski definition) is 3.